The second kappa shape index (κ2) is 6.99. The first-order valence-corrected chi connectivity index (χ1v) is 8.58. The highest BCUT2D eigenvalue weighted by Gasteiger charge is 2.21. The van der Waals surface area contributed by atoms with Gasteiger partial charge in [0.25, 0.3) is 5.89 Å². The number of aryl methyl sites for hydroxylation is 1. The van der Waals surface area contributed by atoms with E-state index in [0.29, 0.717) is 11.5 Å². The second-order valence-electron chi connectivity index (χ2n) is 6.19. The maximum atomic E-state index is 12.7. The van der Waals surface area contributed by atoms with Crippen LogP contribution >= 0.6 is 0 Å². The van der Waals surface area contributed by atoms with Crippen molar-refractivity contribution in [2.75, 3.05) is 0 Å². The highest BCUT2D eigenvalue weighted by atomic mass is 16.6. The van der Waals surface area contributed by atoms with Gasteiger partial charge in [-0.3, -0.25) is 4.98 Å². The maximum absolute atomic E-state index is 12.7. The number of para-hydroxylation sites is 1. The smallest absolute Gasteiger partial charge is 0.339 e. The quantitative estimate of drug-likeness (QED) is 0.499. The van der Waals surface area contributed by atoms with E-state index >= 15 is 0 Å². The van der Waals surface area contributed by atoms with E-state index in [1.807, 2.05) is 61.5 Å². The predicted octanol–water partition coefficient (Wildman–Crippen LogP) is 4.51. The van der Waals surface area contributed by atoms with Crippen LogP contribution in [0.2, 0.25) is 0 Å². The van der Waals surface area contributed by atoms with E-state index in [4.69, 9.17) is 9.15 Å². The Morgan fingerprint density at radius 2 is 1.78 bits per heavy atom. The molecule has 2 aromatic heterocycles. The number of nitrogens with zero attached hydrogens (tertiary/aromatic N) is 3. The minimum Gasteiger partial charge on any atom is -0.449 e. The molecular formula is C21H17N3O3. The Morgan fingerprint density at radius 3 is 2.59 bits per heavy atom. The molecule has 0 saturated carbocycles. The van der Waals surface area contributed by atoms with Crippen molar-refractivity contribution in [3.05, 3.63) is 77.8 Å². The number of benzene rings is 2. The van der Waals surface area contributed by atoms with E-state index < -0.39 is 12.1 Å². The Kier molecular flexibility index (Phi) is 4.38. The van der Waals surface area contributed by atoms with Gasteiger partial charge in [0.15, 0.2) is 6.10 Å². The first kappa shape index (κ1) is 16.9. The molecule has 4 aromatic rings. The number of carbonyl (C=O) groups excluding carboxylic acids is 1. The largest absolute Gasteiger partial charge is 0.449 e. The average molecular weight is 359 g/mol. The van der Waals surface area contributed by atoms with Crippen molar-refractivity contribution in [2.45, 2.75) is 20.0 Å². The lowest BCUT2D eigenvalue weighted by Crippen LogP contribution is -2.11. The minimum absolute atomic E-state index is 0.247. The van der Waals surface area contributed by atoms with E-state index in [2.05, 4.69) is 15.2 Å². The molecule has 0 unspecified atom stereocenters. The molecule has 0 aliphatic heterocycles. The Morgan fingerprint density at radius 1 is 1.04 bits per heavy atom. The molecule has 27 heavy (non-hydrogen) atoms. The molecule has 4 rings (SSSR count). The van der Waals surface area contributed by atoms with Crippen molar-refractivity contribution in [2.24, 2.45) is 0 Å². The predicted molar refractivity (Wildman–Crippen MR) is 100 cm³/mol. The summed E-state index contributed by atoms with van der Waals surface area (Å²) in [6.07, 6.45) is -0.672. The van der Waals surface area contributed by atoms with Gasteiger partial charge < -0.3 is 9.15 Å². The monoisotopic (exact) mass is 359 g/mol. The number of hydrogen-bond acceptors (Lipinski definition) is 6. The van der Waals surface area contributed by atoms with Gasteiger partial charge in [0, 0.05) is 16.6 Å². The SMILES string of the molecule is Cc1cc(C(=O)O[C@@H](C)c2nnc(-c3ccccc3)o2)c2ccccc2n1. The Bertz CT molecular complexity index is 1110. The molecule has 0 aliphatic rings. The van der Waals surface area contributed by atoms with Crippen LogP contribution in [-0.2, 0) is 4.74 Å². The standard InChI is InChI=1S/C21H17N3O3/c1-13-12-17(16-10-6-7-11-18(16)22-13)21(25)26-14(2)19-23-24-20(27-19)15-8-4-3-5-9-15/h3-12,14H,1-2H3/t14-/m0/s1. The lowest BCUT2D eigenvalue weighted by molar-refractivity contribution is 0.0282. The highest BCUT2D eigenvalue weighted by molar-refractivity contribution is 6.03. The topological polar surface area (TPSA) is 78.1 Å². The van der Waals surface area contributed by atoms with Crippen LogP contribution in [0, 0.1) is 6.92 Å². The van der Waals surface area contributed by atoms with E-state index in [-0.39, 0.29) is 5.89 Å². The molecule has 6 heteroatoms. The molecule has 0 aliphatic carbocycles. The lowest BCUT2D eigenvalue weighted by atomic mass is 10.1. The van der Waals surface area contributed by atoms with Crippen molar-refractivity contribution in [1.29, 1.82) is 0 Å². The molecule has 6 nitrogen and oxygen atoms in total. The third-order valence-electron chi connectivity index (χ3n) is 4.16. The van der Waals surface area contributed by atoms with Crippen molar-refractivity contribution in [3.63, 3.8) is 0 Å². The average Bonchev–Trinajstić information content (AvgIpc) is 3.18. The zero-order chi connectivity index (χ0) is 18.8. The number of esters is 1. The van der Waals surface area contributed by atoms with Crippen molar-refractivity contribution < 1.29 is 13.9 Å². The number of carbonyl (C=O) groups is 1. The second-order valence-corrected chi connectivity index (χ2v) is 6.19. The molecule has 0 fully saturated rings. The molecule has 0 spiro atoms. The van der Waals surface area contributed by atoms with Crippen molar-refractivity contribution in [3.8, 4) is 11.5 Å². The summed E-state index contributed by atoms with van der Waals surface area (Å²) >= 11 is 0. The van der Waals surface area contributed by atoms with Gasteiger partial charge in [-0.15, -0.1) is 10.2 Å². The van der Waals surface area contributed by atoms with E-state index in [9.17, 15) is 4.79 Å². The molecule has 0 saturated heterocycles. The summed E-state index contributed by atoms with van der Waals surface area (Å²) in [6, 6.07) is 18.6. The molecule has 0 bridgehead atoms. The first-order chi connectivity index (χ1) is 13.1. The third-order valence-corrected chi connectivity index (χ3v) is 4.16. The summed E-state index contributed by atoms with van der Waals surface area (Å²) < 4.78 is 11.2. The van der Waals surface area contributed by atoms with Gasteiger partial charge in [0.2, 0.25) is 5.89 Å². The normalized spacial score (nSPS) is 12.1. The fourth-order valence-corrected chi connectivity index (χ4v) is 2.85. The van der Waals surface area contributed by atoms with Crippen LogP contribution in [-0.4, -0.2) is 21.2 Å². The minimum atomic E-state index is -0.672. The van der Waals surface area contributed by atoms with Crippen LogP contribution in [0.25, 0.3) is 22.4 Å². The van der Waals surface area contributed by atoms with Gasteiger partial charge in [-0.25, -0.2) is 4.79 Å². The van der Waals surface area contributed by atoms with Crippen LogP contribution in [0.1, 0.15) is 35.0 Å². The van der Waals surface area contributed by atoms with E-state index in [1.165, 1.54) is 0 Å². The van der Waals surface area contributed by atoms with Gasteiger partial charge >= 0.3 is 5.97 Å². The van der Waals surface area contributed by atoms with Gasteiger partial charge in [0.05, 0.1) is 11.1 Å². The number of rotatable bonds is 4. The summed E-state index contributed by atoms with van der Waals surface area (Å²) in [6.45, 7) is 3.55. The fraction of sp³-hybridized carbons (Fsp3) is 0.143. The summed E-state index contributed by atoms with van der Waals surface area (Å²) in [5, 5.41) is 8.79. The third kappa shape index (κ3) is 3.42. The van der Waals surface area contributed by atoms with Crippen molar-refractivity contribution >= 4 is 16.9 Å². The van der Waals surface area contributed by atoms with Crippen LogP contribution in [0.15, 0.2) is 65.1 Å². The number of ether oxygens (including phenoxy) is 1. The Balaban J connectivity index is 1.58. The molecule has 0 radical (unpaired) electrons. The molecular weight excluding hydrogens is 342 g/mol. The van der Waals surface area contributed by atoms with Crippen LogP contribution in [0.3, 0.4) is 0 Å². The molecule has 2 heterocycles. The van der Waals surface area contributed by atoms with Crippen LogP contribution < -0.4 is 0 Å². The first-order valence-electron chi connectivity index (χ1n) is 8.58. The molecule has 134 valence electrons. The zero-order valence-electron chi connectivity index (χ0n) is 14.9. The number of aromatic nitrogens is 3. The number of fused-ring (bicyclic) bond motifs is 1. The van der Waals surface area contributed by atoms with E-state index in [1.54, 1.807) is 13.0 Å². The summed E-state index contributed by atoms with van der Waals surface area (Å²) in [7, 11) is 0. The van der Waals surface area contributed by atoms with Gasteiger partial charge in [-0.05, 0) is 38.1 Å². The van der Waals surface area contributed by atoms with Gasteiger partial charge in [-0.1, -0.05) is 36.4 Å². The molecule has 2 aromatic carbocycles. The van der Waals surface area contributed by atoms with Crippen molar-refractivity contribution in [1.82, 2.24) is 15.2 Å². The highest BCUT2D eigenvalue weighted by Crippen LogP contribution is 2.25. The van der Waals surface area contributed by atoms with Gasteiger partial charge in [0.1, 0.15) is 0 Å². The summed E-state index contributed by atoms with van der Waals surface area (Å²) in [4.78, 5) is 17.2. The molecule has 0 amide bonds. The molecule has 1 atom stereocenters. The van der Waals surface area contributed by atoms with Gasteiger partial charge in [-0.2, -0.15) is 0 Å². The van der Waals surface area contributed by atoms with Crippen LogP contribution in [0.4, 0.5) is 0 Å². The van der Waals surface area contributed by atoms with E-state index in [0.717, 1.165) is 22.2 Å². The zero-order valence-corrected chi connectivity index (χ0v) is 14.9. The Labute approximate surface area is 155 Å². The summed E-state index contributed by atoms with van der Waals surface area (Å²) in [5.41, 5.74) is 2.77. The van der Waals surface area contributed by atoms with Crippen LogP contribution in [0.5, 0.6) is 0 Å². The Hall–Kier alpha value is -3.54. The summed E-state index contributed by atoms with van der Waals surface area (Å²) in [5.74, 6) is 0.180. The number of pyridine rings is 1. The lowest BCUT2D eigenvalue weighted by Gasteiger charge is -2.11. The fourth-order valence-electron chi connectivity index (χ4n) is 2.85. The molecule has 0 N–H and O–H groups in total. The maximum Gasteiger partial charge on any atom is 0.339 e. The number of hydrogen-bond donors (Lipinski definition) is 0.